The minimum atomic E-state index is -0.654. The van der Waals surface area contributed by atoms with Gasteiger partial charge in [-0.15, -0.1) is 0 Å². The predicted molar refractivity (Wildman–Crippen MR) is 152 cm³/mol. The molecule has 0 aliphatic carbocycles. The molecule has 0 fully saturated rings. The van der Waals surface area contributed by atoms with Crippen LogP contribution in [0.5, 0.6) is 0 Å². The highest BCUT2D eigenvalue weighted by atomic mass is 16.3. The van der Waals surface area contributed by atoms with Crippen LogP contribution in [0.2, 0.25) is 0 Å². The van der Waals surface area contributed by atoms with E-state index in [1.165, 1.54) is 0 Å². The first-order chi connectivity index (χ1) is 24.2. The minimum absolute atomic E-state index is 0.0964. The largest absolute Gasteiger partial charge is 0.456 e. The first-order valence-corrected chi connectivity index (χ1v) is 11.5. The fourth-order valence-electron chi connectivity index (χ4n) is 4.55. The molecule has 5 nitrogen and oxygen atoms in total. The van der Waals surface area contributed by atoms with E-state index in [1.807, 2.05) is 18.2 Å². The Kier molecular flexibility index (Phi) is 2.53. The van der Waals surface area contributed by atoms with Crippen molar-refractivity contribution in [2.45, 2.75) is 0 Å². The SMILES string of the molecule is [2H]c1c([2H])c([2H])c(-c2nc(-c3ccc4c(c3)oc3ccccc34)nc(-n3c4c([2H])c([2H])c([2H])c([2H])c4c4c([2H])c([2H])c([2H])c([2H])c43)n2)c([2H])c1[2H]. The van der Waals surface area contributed by atoms with Crippen molar-refractivity contribution in [1.29, 1.82) is 0 Å². The molecule has 38 heavy (non-hydrogen) atoms. The highest BCUT2D eigenvalue weighted by Crippen LogP contribution is 2.34. The molecule has 3 aromatic heterocycles. The van der Waals surface area contributed by atoms with Gasteiger partial charge in [-0.25, -0.2) is 4.98 Å². The molecule has 8 rings (SSSR count). The summed E-state index contributed by atoms with van der Waals surface area (Å²) in [6.45, 7) is 0. The lowest BCUT2D eigenvalue weighted by Crippen LogP contribution is -2.06. The Hall–Kier alpha value is -5.29. The number of hydrogen-bond donors (Lipinski definition) is 0. The topological polar surface area (TPSA) is 56.7 Å². The Bertz CT molecular complexity index is 2760. The van der Waals surface area contributed by atoms with E-state index < -0.39 is 90.3 Å². The molecule has 0 aliphatic rings. The smallest absolute Gasteiger partial charge is 0.238 e. The van der Waals surface area contributed by atoms with E-state index in [-0.39, 0.29) is 33.2 Å². The van der Waals surface area contributed by atoms with Crippen LogP contribution in [0.1, 0.15) is 17.8 Å². The van der Waals surface area contributed by atoms with E-state index >= 15 is 0 Å². The standard InChI is InChI=1S/C33H20N4O/c1-2-10-21(11-3-1)31-34-32(22-18-19-26-25-14-6-9-17-29(25)38-30(26)20-22)36-33(35-31)37-27-15-7-4-12-23(27)24-13-5-8-16-28(24)37/h1-20H/i1D,2D,3D,4D,5D,7D,8D,10D,11D,12D,13D,15D,16D. The molecule has 0 atom stereocenters. The van der Waals surface area contributed by atoms with Crippen molar-refractivity contribution in [1.82, 2.24) is 19.5 Å². The molecule has 0 unspecified atom stereocenters. The summed E-state index contributed by atoms with van der Waals surface area (Å²) >= 11 is 0. The molecule has 5 heteroatoms. The Balaban J connectivity index is 1.55. The van der Waals surface area contributed by atoms with Gasteiger partial charge in [-0.2, -0.15) is 9.97 Å². The molecule has 0 radical (unpaired) electrons. The van der Waals surface area contributed by atoms with Crippen molar-refractivity contribution < 1.29 is 22.2 Å². The second-order valence-corrected chi connectivity index (χ2v) is 8.37. The average Bonchev–Trinajstić information content (AvgIpc) is 3.69. The number of fused-ring (bicyclic) bond motifs is 6. The van der Waals surface area contributed by atoms with Crippen LogP contribution in [0.25, 0.3) is 72.5 Å². The Morgan fingerprint density at radius 3 is 1.95 bits per heavy atom. The third-order valence-corrected chi connectivity index (χ3v) is 6.22. The lowest BCUT2D eigenvalue weighted by molar-refractivity contribution is 0.669. The van der Waals surface area contributed by atoms with Gasteiger partial charge in [-0.1, -0.05) is 90.7 Å². The Morgan fingerprint density at radius 1 is 0.553 bits per heavy atom. The second kappa shape index (κ2) is 8.11. The number of nitrogens with zero attached hydrogens (tertiary/aromatic N) is 4. The summed E-state index contributed by atoms with van der Waals surface area (Å²) in [6.07, 6.45) is 0. The number of benzene rings is 5. The van der Waals surface area contributed by atoms with E-state index in [0.717, 1.165) is 15.3 Å². The molecule has 0 saturated carbocycles. The van der Waals surface area contributed by atoms with Crippen molar-refractivity contribution in [3.05, 3.63) is 121 Å². The maximum absolute atomic E-state index is 8.88. The summed E-state index contributed by atoms with van der Waals surface area (Å²) in [6, 6.07) is 4.43. The number of para-hydroxylation sites is 3. The van der Waals surface area contributed by atoms with Crippen LogP contribution in [0.3, 0.4) is 0 Å². The lowest BCUT2D eigenvalue weighted by atomic mass is 10.1. The van der Waals surface area contributed by atoms with E-state index in [0.29, 0.717) is 16.7 Å². The molecule has 0 saturated heterocycles. The minimum Gasteiger partial charge on any atom is -0.456 e. The van der Waals surface area contributed by atoms with E-state index in [9.17, 15) is 0 Å². The van der Waals surface area contributed by atoms with Gasteiger partial charge < -0.3 is 4.42 Å². The molecule has 0 bridgehead atoms. The van der Waals surface area contributed by atoms with Gasteiger partial charge in [-0.3, -0.25) is 4.57 Å². The van der Waals surface area contributed by atoms with E-state index in [4.69, 9.17) is 22.2 Å². The van der Waals surface area contributed by atoms with Gasteiger partial charge in [0.2, 0.25) is 5.95 Å². The molecule has 178 valence electrons. The first kappa shape index (κ1) is 11.8. The van der Waals surface area contributed by atoms with Crippen LogP contribution in [0.15, 0.2) is 125 Å². The maximum atomic E-state index is 8.88. The van der Waals surface area contributed by atoms with Crippen molar-refractivity contribution in [2.75, 3.05) is 0 Å². The fourth-order valence-corrected chi connectivity index (χ4v) is 4.55. The maximum Gasteiger partial charge on any atom is 0.238 e. The predicted octanol–water partition coefficient (Wildman–Crippen LogP) is 8.20. The number of hydrogen-bond acceptors (Lipinski definition) is 4. The molecule has 0 aliphatic heterocycles. The van der Waals surface area contributed by atoms with Crippen molar-refractivity contribution in [3.8, 4) is 28.7 Å². The van der Waals surface area contributed by atoms with Crippen LogP contribution >= 0.6 is 0 Å². The molecule has 5 aromatic carbocycles. The summed E-state index contributed by atoms with van der Waals surface area (Å²) in [5.41, 5.74) is 0.498. The van der Waals surface area contributed by atoms with E-state index in [1.54, 1.807) is 24.3 Å². The van der Waals surface area contributed by atoms with Crippen molar-refractivity contribution in [3.63, 3.8) is 0 Å². The van der Waals surface area contributed by atoms with Gasteiger partial charge >= 0.3 is 0 Å². The fraction of sp³-hybridized carbons (Fsp3) is 0. The molecule has 0 spiro atoms. The third-order valence-electron chi connectivity index (χ3n) is 6.22. The normalized spacial score (nSPS) is 16.5. The molecular formula is C33H20N4O. The van der Waals surface area contributed by atoms with E-state index in [2.05, 4.69) is 15.0 Å². The second-order valence-electron chi connectivity index (χ2n) is 8.37. The summed E-state index contributed by atoms with van der Waals surface area (Å²) in [4.78, 5) is 13.7. The summed E-state index contributed by atoms with van der Waals surface area (Å²) in [5, 5.41) is 1.21. The zero-order valence-electron chi connectivity index (χ0n) is 32.2. The highest BCUT2D eigenvalue weighted by Gasteiger charge is 2.18. The summed E-state index contributed by atoms with van der Waals surface area (Å²) < 4.78 is 118. The summed E-state index contributed by atoms with van der Waals surface area (Å²) in [7, 11) is 0. The zero-order chi connectivity index (χ0) is 36.4. The molecule has 8 aromatic rings. The van der Waals surface area contributed by atoms with Crippen molar-refractivity contribution >= 4 is 43.7 Å². The highest BCUT2D eigenvalue weighted by molar-refractivity contribution is 6.09. The molecule has 0 N–H and O–H groups in total. The number of rotatable bonds is 3. The van der Waals surface area contributed by atoms with Gasteiger partial charge in [0.15, 0.2) is 11.6 Å². The van der Waals surface area contributed by atoms with Gasteiger partial charge in [-0.05, 0) is 30.3 Å². The molecule has 0 amide bonds. The first-order valence-electron chi connectivity index (χ1n) is 18.0. The van der Waals surface area contributed by atoms with Gasteiger partial charge in [0, 0.05) is 32.7 Å². The third kappa shape index (κ3) is 3.15. The Morgan fingerprint density at radius 2 is 1.18 bits per heavy atom. The zero-order valence-corrected chi connectivity index (χ0v) is 19.2. The lowest BCUT2D eigenvalue weighted by Gasteiger charge is -2.10. The molecule has 3 heterocycles. The van der Waals surface area contributed by atoms with Gasteiger partial charge in [0.05, 0.1) is 28.9 Å². The van der Waals surface area contributed by atoms with Crippen LogP contribution in [-0.4, -0.2) is 19.5 Å². The number of aromatic nitrogens is 4. The van der Waals surface area contributed by atoms with Gasteiger partial charge in [0.25, 0.3) is 0 Å². The monoisotopic (exact) mass is 501 g/mol. The number of furan rings is 1. The van der Waals surface area contributed by atoms with Crippen LogP contribution in [0, 0.1) is 0 Å². The van der Waals surface area contributed by atoms with Crippen LogP contribution in [0.4, 0.5) is 0 Å². The van der Waals surface area contributed by atoms with Crippen LogP contribution < -0.4 is 0 Å². The average molecular weight is 502 g/mol. The molecular weight excluding hydrogens is 468 g/mol. The Labute approximate surface area is 235 Å². The van der Waals surface area contributed by atoms with Crippen LogP contribution in [-0.2, 0) is 0 Å². The van der Waals surface area contributed by atoms with Crippen molar-refractivity contribution in [2.24, 2.45) is 0 Å². The summed E-state index contributed by atoms with van der Waals surface area (Å²) in [5.74, 6) is -0.893. The quantitative estimate of drug-likeness (QED) is 0.245. The van der Waals surface area contributed by atoms with Gasteiger partial charge in [0.1, 0.15) is 11.2 Å².